The molecule has 2 aromatic rings. The zero-order valence-corrected chi connectivity index (χ0v) is 18.2. The topological polar surface area (TPSA) is 125 Å². The highest BCUT2D eigenvalue weighted by Crippen LogP contribution is 2.37. The number of imide groups is 2. The number of hydrogen-bond donors (Lipinski definition) is 1. The number of amides is 4. The van der Waals surface area contributed by atoms with Crippen LogP contribution in [0.25, 0.3) is 6.08 Å². The Bertz CT molecular complexity index is 1120. The lowest BCUT2D eigenvalue weighted by Crippen LogP contribution is -2.54. The van der Waals surface area contributed by atoms with Crippen molar-refractivity contribution in [2.75, 3.05) is 18.6 Å². The molecule has 0 aromatic heterocycles. The van der Waals surface area contributed by atoms with Gasteiger partial charge in [0, 0.05) is 5.02 Å². The summed E-state index contributed by atoms with van der Waals surface area (Å²) < 4.78 is 10.7. The summed E-state index contributed by atoms with van der Waals surface area (Å²) in [5.41, 5.74) is 0.287. The number of anilines is 1. The highest BCUT2D eigenvalue weighted by atomic mass is 79.9. The summed E-state index contributed by atoms with van der Waals surface area (Å²) in [4.78, 5) is 49.0. The third-order valence-corrected chi connectivity index (χ3v) is 4.92. The van der Waals surface area contributed by atoms with Gasteiger partial charge in [-0.1, -0.05) is 11.6 Å². The summed E-state index contributed by atoms with van der Waals surface area (Å²) in [5.74, 6) is -2.87. The molecule has 160 valence electrons. The van der Waals surface area contributed by atoms with E-state index in [-0.39, 0.29) is 22.8 Å². The minimum absolute atomic E-state index is 0.103. The Labute approximate surface area is 189 Å². The highest BCUT2D eigenvalue weighted by molar-refractivity contribution is 9.10. The fourth-order valence-corrected chi connectivity index (χ4v) is 3.44. The van der Waals surface area contributed by atoms with Crippen LogP contribution in [0.1, 0.15) is 5.56 Å². The van der Waals surface area contributed by atoms with Crippen LogP contribution in [-0.2, 0) is 14.4 Å². The van der Waals surface area contributed by atoms with Gasteiger partial charge >= 0.3 is 6.03 Å². The molecule has 1 aliphatic heterocycles. The highest BCUT2D eigenvalue weighted by Gasteiger charge is 2.36. The van der Waals surface area contributed by atoms with Crippen LogP contribution in [0.3, 0.4) is 0 Å². The molecule has 4 amide bonds. The van der Waals surface area contributed by atoms with E-state index >= 15 is 0 Å². The minimum atomic E-state index is -1.42. The smallest absolute Gasteiger partial charge is 0.335 e. The second kappa shape index (κ2) is 9.19. The van der Waals surface area contributed by atoms with Gasteiger partial charge in [-0.05, 0) is 64.0 Å². The molecule has 1 N–H and O–H groups in total. The predicted octanol–water partition coefficient (Wildman–Crippen LogP) is 1.91. The van der Waals surface area contributed by atoms with Crippen molar-refractivity contribution in [2.45, 2.75) is 0 Å². The van der Waals surface area contributed by atoms with Crippen molar-refractivity contribution < 1.29 is 33.8 Å². The number of halogens is 2. The van der Waals surface area contributed by atoms with Gasteiger partial charge in [-0.2, -0.15) is 0 Å². The van der Waals surface area contributed by atoms with Crippen LogP contribution in [-0.4, -0.2) is 37.5 Å². The van der Waals surface area contributed by atoms with Crippen molar-refractivity contribution in [1.82, 2.24) is 5.32 Å². The molecule has 0 unspecified atom stereocenters. The number of carboxylic acids is 1. The van der Waals surface area contributed by atoms with E-state index in [4.69, 9.17) is 21.1 Å². The molecule has 2 aromatic carbocycles. The normalized spacial score (nSPS) is 15.1. The minimum Gasteiger partial charge on any atom is -0.546 e. The Kier molecular flexibility index (Phi) is 6.62. The van der Waals surface area contributed by atoms with E-state index in [0.29, 0.717) is 15.1 Å². The molecule has 9 nitrogen and oxygen atoms in total. The van der Waals surface area contributed by atoms with Gasteiger partial charge in [-0.15, -0.1) is 0 Å². The molecule has 1 fully saturated rings. The fourth-order valence-electron chi connectivity index (χ4n) is 2.74. The third kappa shape index (κ3) is 4.86. The molecule has 1 heterocycles. The first-order valence-corrected chi connectivity index (χ1v) is 9.75. The number of barbiturate groups is 1. The second-order valence-electron chi connectivity index (χ2n) is 6.13. The lowest BCUT2D eigenvalue weighted by atomic mass is 10.1. The van der Waals surface area contributed by atoms with Crippen LogP contribution in [0.4, 0.5) is 10.5 Å². The predicted molar refractivity (Wildman–Crippen MR) is 112 cm³/mol. The molecule has 0 spiro atoms. The van der Waals surface area contributed by atoms with Crippen molar-refractivity contribution in [2.24, 2.45) is 0 Å². The van der Waals surface area contributed by atoms with Crippen molar-refractivity contribution in [1.29, 1.82) is 0 Å². The molecule has 1 saturated heterocycles. The Morgan fingerprint density at radius 3 is 2.52 bits per heavy atom. The Morgan fingerprint density at radius 2 is 1.90 bits per heavy atom. The molecule has 0 saturated carbocycles. The van der Waals surface area contributed by atoms with E-state index in [1.807, 2.05) is 0 Å². The maximum absolute atomic E-state index is 12.9. The van der Waals surface area contributed by atoms with E-state index in [9.17, 15) is 24.3 Å². The quantitative estimate of drug-likeness (QED) is 0.467. The number of carboxylic acid groups (broad SMARTS) is 1. The molecule has 0 atom stereocenters. The van der Waals surface area contributed by atoms with E-state index in [1.165, 1.54) is 49.6 Å². The standard InChI is InChI=1S/C20H14BrClN2O7/c1-30-15-8-10(7-14(21)17(15)31-9-16(25)26)6-13-18(27)23-20(29)24(19(13)28)12-4-2-11(22)3-5-12/h2-8H,9H2,1H3,(H,25,26)(H,23,27,29)/p-1/b13-6-. The van der Waals surface area contributed by atoms with Gasteiger partial charge in [0.25, 0.3) is 11.8 Å². The lowest BCUT2D eigenvalue weighted by molar-refractivity contribution is -0.307. The Hall–Kier alpha value is -3.37. The number of carbonyl (C=O) groups is 4. The summed E-state index contributed by atoms with van der Waals surface area (Å²) in [6.07, 6.45) is 1.27. The van der Waals surface area contributed by atoms with Gasteiger partial charge in [-0.25, -0.2) is 9.69 Å². The molecule has 11 heteroatoms. The molecule has 1 aliphatic rings. The van der Waals surface area contributed by atoms with E-state index < -0.39 is 30.4 Å². The van der Waals surface area contributed by atoms with Crippen LogP contribution in [0, 0.1) is 0 Å². The molecule has 0 radical (unpaired) electrons. The van der Waals surface area contributed by atoms with Gasteiger partial charge in [0.15, 0.2) is 11.5 Å². The number of carbonyl (C=O) groups excluding carboxylic acids is 4. The largest absolute Gasteiger partial charge is 0.546 e. The average Bonchev–Trinajstić information content (AvgIpc) is 2.71. The number of aliphatic carboxylic acids is 1. The summed E-state index contributed by atoms with van der Waals surface area (Å²) in [6.45, 7) is -0.700. The zero-order chi connectivity index (χ0) is 22.7. The first-order valence-electron chi connectivity index (χ1n) is 8.58. The monoisotopic (exact) mass is 507 g/mol. The number of benzene rings is 2. The number of hydrogen-bond acceptors (Lipinski definition) is 7. The van der Waals surface area contributed by atoms with Crippen LogP contribution in [0.15, 0.2) is 46.4 Å². The Morgan fingerprint density at radius 1 is 1.23 bits per heavy atom. The third-order valence-electron chi connectivity index (χ3n) is 4.08. The average molecular weight is 509 g/mol. The van der Waals surface area contributed by atoms with E-state index in [2.05, 4.69) is 21.2 Å². The van der Waals surface area contributed by atoms with Gasteiger partial charge in [0.2, 0.25) is 0 Å². The maximum atomic E-state index is 12.9. The van der Waals surface area contributed by atoms with Crippen LogP contribution in [0.5, 0.6) is 11.5 Å². The first-order chi connectivity index (χ1) is 14.7. The maximum Gasteiger partial charge on any atom is 0.335 e. The summed E-state index contributed by atoms with van der Waals surface area (Å²) in [6, 6.07) is 7.98. The SMILES string of the molecule is COc1cc(/C=C2/C(=O)NC(=O)N(c3ccc(Cl)cc3)C2=O)cc(Br)c1OCC(=O)[O-]. The molecule has 0 aliphatic carbocycles. The first kappa shape index (κ1) is 22.3. The van der Waals surface area contributed by atoms with Gasteiger partial charge < -0.3 is 19.4 Å². The van der Waals surface area contributed by atoms with Crippen molar-refractivity contribution in [3.8, 4) is 11.5 Å². The van der Waals surface area contributed by atoms with Gasteiger partial charge in [0.05, 0.1) is 23.2 Å². The van der Waals surface area contributed by atoms with Crippen LogP contribution >= 0.6 is 27.5 Å². The molecule has 31 heavy (non-hydrogen) atoms. The number of nitrogens with zero attached hydrogens (tertiary/aromatic N) is 1. The summed E-state index contributed by atoms with van der Waals surface area (Å²) >= 11 is 9.09. The van der Waals surface area contributed by atoms with E-state index in [1.54, 1.807) is 0 Å². The summed E-state index contributed by atoms with van der Waals surface area (Å²) in [5, 5.41) is 13.2. The Balaban J connectivity index is 1.99. The molecular weight excluding hydrogens is 496 g/mol. The second-order valence-corrected chi connectivity index (χ2v) is 7.42. The molecule has 0 bridgehead atoms. The van der Waals surface area contributed by atoms with Crippen molar-refractivity contribution >= 4 is 63.1 Å². The zero-order valence-electron chi connectivity index (χ0n) is 15.8. The van der Waals surface area contributed by atoms with Crippen molar-refractivity contribution in [3.05, 3.63) is 57.0 Å². The number of rotatable bonds is 6. The number of urea groups is 1. The van der Waals surface area contributed by atoms with Gasteiger partial charge in [0.1, 0.15) is 12.2 Å². The fraction of sp³-hybridized carbons (Fsp3) is 0.100. The summed E-state index contributed by atoms with van der Waals surface area (Å²) in [7, 11) is 1.34. The van der Waals surface area contributed by atoms with Crippen LogP contribution < -0.4 is 24.8 Å². The molecular formula is C20H13BrClN2O7-. The van der Waals surface area contributed by atoms with Crippen molar-refractivity contribution in [3.63, 3.8) is 0 Å². The number of methoxy groups -OCH3 is 1. The molecule has 3 rings (SSSR count). The number of nitrogens with one attached hydrogen (secondary N) is 1. The van der Waals surface area contributed by atoms with Gasteiger partial charge in [-0.3, -0.25) is 14.9 Å². The number of ether oxygens (including phenoxy) is 2. The lowest BCUT2D eigenvalue weighted by Gasteiger charge is -2.26. The van der Waals surface area contributed by atoms with Crippen LogP contribution in [0.2, 0.25) is 5.02 Å². The van der Waals surface area contributed by atoms with E-state index in [0.717, 1.165) is 4.90 Å².